The van der Waals surface area contributed by atoms with E-state index in [1.54, 1.807) is 26.0 Å². The molecule has 9 nitrogen and oxygen atoms in total. The number of nitrogens with one attached hydrogen (secondary N) is 1. The Balaban J connectivity index is 1.91. The number of fused-ring (bicyclic) bond motifs is 1. The summed E-state index contributed by atoms with van der Waals surface area (Å²) in [5.74, 6) is 0.0937. The molecule has 0 radical (unpaired) electrons. The second-order valence-electron chi connectivity index (χ2n) is 7.89. The first kappa shape index (κ1) is 24.4. The number of hydrogen-bond donors (Lipinski definition) is 1. The molecule has 178 valence electrons. The Hall–Kier alpha value is -3.27. The van der Waals surface area contributed by atoms with Gasteiger partial charge in [0, 0.05) is 19.2 Å². The van der Waals surface area contributed by atoms with Gasteiger partial charge in [0.2, 0.25) is 28.6 Å². The summed E-state index contributed by atoms with van der Waals surface area (Å²) in [6.07, 6.45) is 1.03. The number of likely N-dealkylation sites (N-methyl/N-ethyl adjacent to an activating group) is 1. The van der Waals surface area contributed by atoms with Gasteiger partial charge in [-0.05, 0) is 38.5 Å². The van der Waals surface area contributed by atoms with Crippen LogP contribution < -0.4 is 19.1 Å². The molecule has 0 spiro atoms. The molecule has 2 amide bonds. The van der Waals surface area contributed by atoms with Gasteiger partial charge in [-0.25, -0.2) is 8.42 Å². The van der Waals surface area contributed by atoms with Crippen molar-refractivity contribution in [3.63, 3.8) is 0 Å². The molecule has 33 heavy (non-hydrogen) atoms. The smallest absolute Gasteiger partial charge is 0.244 e. The highest BCUT2D eigenvalue weighted by Gasteiger charge is 2.30. The van der Waals surface area contributed by atoms with Gasteiger partial charge in [-0.2, -0.15) is 0 Å². The van der Waals surface area contributed by atoms with E-state index in [4.69, 9.17) is 9.47 Å². The van der Waals surface area contributed by atoms with Gasteiger partial charge in [0.05, 0.1) is 11.9 Å². The van der Waals surface area contributed by atoms with Crippen molar-refractivity contribution in [2.45, 2.75) is 33.4 Å². The number of sulfonamides is 1. The second-order valence-corrected chi connectivity index (χ2v) is 9.80. The third kappa shape index (κ3) is 5.95. The molecular formula is C23H29N3O6S. The van der Waals surface area contributed by atoms with Crippen molar-refractivity contribution in [3.05, 3.63) is 53.6 Å². The lowest BCUT2D eigenvalue weighted by Crippen LogP contribution is -2.51. The van der Waals surface area contributed by atoms with Crippen LogP contribution in [0.1, 0.15) is 25.0 Å². The van der Waals surface area contributed by atoms with Crippen LogP contribution in [0, 0.1) is 6.92 Å². The highest BCUT2D eigenvalue weighted by molar-refractivity contribution is 7.92. The lowest BCUT2D eigenvalue weighted by Gasteiger charge is -2.31. The van der Waals surface area contributed by atoms with Crippen molar-refractivity contribution in [3.8, 4) is 11.5 Å². The fraction of sp³-hybridized carbons (Fsp3) is 0.391. The van der Waals surface area contributed by atoms with E-state index in [0.717, 1.165) is 21.7 Å². The molecule has 3 rings (SSSR count). The van der Waals surface area contributed by atoms with Crippen molar-refractivity contribution in [2.24, 2.45) is 0 Å². The lowest BCUT2D eigenvalue weighted by atomic mass is 10.1. The predicted octanol–water partition coefficient (Wildman–Crippen LogP) is 2.04. The summed E-state index contributed by atoms with van der Waals surface area (Å²) in [6.45, 7) is 5.53. The van der Waals surface area contributed by atoms with E-state index in [1.807, 2.05) is 31.2 Å². The van der Waals surface area contributed by atoms with Gasteiger partial charge >= 0.3 is 0 Å². The normalized spacial score (nSPS) is 13.3. The van der Waals surface area contributed by atoms with Gasteiger partial charge in [0.15, 0.2) is 11.5 Å². The van der Waals surface area contributed by atoms with E-state index in [1.165, 1.54) is 11.0 Å². The third-order valence-electron chi connectivity index (χ3n) is 5.28. The van der Waals surface area contributed by atoms with Gasteiger partial charge in [0.1, 0.15) is 12.6 Å². The number of nitrogens with zero attached hydrogens (tertiary/aromatic N) is 2. The van der Waals surface area contributed by atoms with Crippen LogP contribution in [-0.2, 0) is 26.2 Å². The average molecular weight is 476 g/mol. The van der Waals surface area contributed by atoms with Crippen molar-refractivity contribution in [1.29, 1.82) is 0 Å². The maximum atomic E-state index is 13.4. The van der Waals surface area contributed by atoms with Crippen LogP contribution in [0.25, 0.3) is 0 Å². The summed E-state index contributed by atoms with van der Waals surface area (Å²) >= 11 is 0. The molecule has 1 heterocycles. The van der Waals surface area contributed by atoms with Crippen molar-refractivity contribution < 1.29 is 27.5 Å². The number of amides is 2. The SMILES string of the molecule is CCNC(=O)C(C)N(Cc1cccc(C)c1)C(=O)CN(c1ccc2c(c1)OCO2)S(C)(=O)=O. The summed E-state index contributed by atoms with van der Waals surface area (Å²) in [4.78, 5) is 27.4. The number of carbonyl (C=O) groups excluding carboxylic acids is 2. The topological polar surface area (TPSA) is 105 Å². The molecule has 1 unspecified atom stereocenters. The second kappa shape index (κ2) is 10.1. The standard InChI is InChI=1S/C23H29N3O6S/c1-5-24-23(28)17(3)25(13-18-8-6-7-16(2)11-18)22(27)14-26(33(4,29)30)19-9-10-20-21(12-19)32-15-31-20/h6-12,17H,5,13-15H2,1-4H3,(H,24,28). The number of ether oxygens (including phenoxy) is 2. The molecular weight excluding hydrogens is 446 g/mol. The van der Waals surface area contributed by atoms with E-state index >= 15 is 0 Å². The minimum Gasteiger partial charge on any atom is -0.454 e. The van der Waals surface area contributed by atoms with Crippen LogP contribution >= 0.6 is 0 Å². The van der Waals surface area contributed by atoms with Crippen molar-refractivity contribution in [2.75, 3.05) is 30.4 Å². The lowest BCUT2D eigenvalue weighted by molar-refractivity contribution is -0.139. The summed E-state index contributed by atoms with van der Waals surface area (Å²) in [5, 5.41) is 2.73. The first-order chi connectivity index (χ1) is 15.6. The highest BCUT2D eigenvalue weighted by atomic mass is 32.2. The Kier molecular flexibility index (Phi) is 7.47. The molecule has 0 saturated carbocycles. The molecule has 0 aliphatic carbocycles. The summed E-state index contributed by atoms with van der Waals surface area (Å²) in [7, 11) is -3.81. The van der Waals surface area contributed by atoms with Crippen LogP contribution in [0.15, 0.2) is 42.5 Å². The van der Waals surface area contributed by atoms with Crippen LogP contribution in [-0.4, -0.2) is 57.3 Å². The Labute approximate surface area is 194 Å². The monoisotopic (exact) mass is 475 g/mol. The molecule has 2 aromatic rings. The molecule has 10 heteroatoms. The van der Waals surface area contributed by atoms with E-state index in [9.17, 15) is 18.0 Å². The number of anilines is 1. The van der Waals surface area contributed by atoms with Gasteiger partial charge < -0.3 is 19.7 Å². The fourth-order valence-corrected chi connectivity index (χ4v) is 4.41. The molecule has 1 aliphatic rings. The van der Waals surface area contributed by atoms with E-state index in [-0.39, 0.29) is 24.9 Å². The maximum Gasteiger partial charge on any atom is 0.244 e. The predicted molar refractivity (Wildman–Crippen MR) is 125 cm³/mol. The largest absolute Gasteiger partial charge is 0.454 e. The zero-order valence-electron chi connectivity index (χ0n) is 19.2. The Morgan fingerprint density at radius 2 is 1.85 bits per heavy atom. The summed E-state index contributed by atoms with van der Waals surface area (Å²) in [5.41, 5.74) is 2.13. The van der Waals surface area contributed by atoms with Crippen LogP contribution in [0.4, 0.5) is 5.69 Å². The maximum absolute atomic E-state index is 13.4. The Morgan fingerprint density at radius 3 is 2.52 bits per heavy atom. The van der Waals surface area contributed by atoms with Gasteiger partial charge in [-0.15, -0.1) is 0 Å². The van der Waals surface area contributed by atoms with Crippen LogP contribution in [0.2, 0.25) is 0 Å². The average Bonchev–Trinajstić information content (AvgIpc) is 3.22. The molecule has 1 N–H and O–H groups in total. The molecule has 0 fully saturated rings. The van der Waals surface area contributed by atoms with Gasteiger partial charge in [0.25, 0.3) is 0 Å². The fourth-order valence-electron chi connectivity index (χ4n) is 3.57. The number of rotatable bonds is 9. The number of carbonyl (C=O) groups is 2. The number of aryl methyl sites for hydroxylation is 1. The first-order valence-electron chi connectivity index (χ1n) is 10.6. The molecule has 0 aromatic heterocycles. The molecule has 1 aliphatic heterocycles. The molecule has 1 atom stereocenters. The Morgan fingerprint density at radius 1 is 1.12 bits per heavy atom. The van der Waals surface area contributed by atoms with E-state index in [2.05, 4.69) is 5.32 Å². The molecule has 0 bridgehead atoms. The van der Waals surface area contributed by atoms with E-state index < -0.39 is 28.5 Å². The van der Waals surface area contributed by atoms with Crippen molar-refractivity contribution in [1.82, 2.24) is 10.2 Å². The van der Waals surface area contributed by atoms with Crippen LogP contribution in [0.3, 0.4) is 0 Å². The summed E-state index contributed by atoms with van der Waals surface area (Å²) < 4.78 is 36.8. The Bertz CT molecular complexity index is 1130. The molecule has 2 aromatic carbocycles. The first-order valence-corrected chi connectivity index (χ1v) is 12.4. The zero-order valence-corrected chi connectivity index (χ0v) is 20.0. The molecule has 0 saturated heterocycles. The van der Waals surface area contributed by atoms with Crippen molar-refractivity contribution >= 4 is 27.5 Å². The van der Waals surface area contributed by atoms with Crippen LogP contribution in [0.5, 0.6) is 11.5 Å². The number of hydrogen-bond acceptors (Lipinski definition) is 6. The van der Waals surface area contributed by atoms with Gasteiger partial charge in [-0.1, -0.05) is 29.8 Å². The number of benzene rings is 2. The zero-order chi connectivity index (χ0) is 24.2. The highest BCUT2D eigenvalue weighted by Crippen LogP contribution is 2.36. The third-order valence-corrected chi connectivity index (χ3v) is 6.42. The minimum atomic E-state index is -3.81. The minimum absolute atomic E-state index is 0.0465. The summed E-state index contributed by atoms with van der Waals surface area (Å²) in [6, 6.07) is 11.5. The quantitative estimate of drug-likeness (QED) is 0.595. The van der Waals surface area contributed by atoms with E-state index in [0.29, 0.717) is 18.0 Å². The van der Waals surface area contributed by atoms with Gasteiger partial charge in [-0.3, -0.25) is 13.9 Å².